The molecular weight excluding hydrogens is 198 g/mol. The van der Waals surface area contributed by atoms with Crippen molar-refractivity contribution in [1.82, 2.24) is 0 Å². The summed E-state index contributed by atoms with van der Waals surface area (Å²) in [4.78, 5) is 0. The van der Waals surface area contributed by atoms with Crippen LogP contribution in [0.15, 0.2) is 24.3 Å². The van der Waals surface area contributed by atoms with Gasteiger partial charge >= 0.3 is 0 Å². The van der Waals surface area contributed by atoms with Crippen LogP contribution in [0.5, 0.6) is 0 Å². The fourth-order valence-corrected chi connectivity index (χ4v) is 2.57. The quantitative estimate of drug-likeness (QED) is 0.847. The lowest BCUT2D eigenvalue weighted by atomic mass is 9.70. The minimum Gasteiger partial charge on any atom is -0.379 e. The minimum absolute atomic E-state index is 0.143. The van der Waals surface area contributed by atoms with Gasteiger partial charge < -0.3 is 10.5 Å². The third-order valence-corrected chi connectivity index (χ3v) is 3.18. The highest BCUT2D eigenvalue weighted by Gasteiger charge is 2.43. The number of benzene rings is 1. The molecule has 16 heavy (non-hydrogen) atoms. The van der Waals surface area contributed by atoms with Crippen LogP contribution in [0.2, 0.25) is 0 Å². The van der Waals surface area contributed by atoms with Gasteiger partial charge in [0.25, 0.3) is 0 Å². The molecule has 1 aliphatic rings. The van der Waals surface area contributed by atoms with Gasteiger partial charge in [0.15, 0.2) is 0 Å². The van der Waals surface area contributed by atoms with Gasteiger partial charge in [-0.3, -0.25) is 0 Å². The summed E-state index contributed by atoms with van der Waals surface area (Å²) in [5.41, 5.74) is 8.83. The Kier molecular flexibility index (Phi) is 2.81. The smallest absolute Gasteiger partial charge is 0.0586 e. The number of hydrogen-bond acceptors (Lipinski definition) is 2. The topological polar surface area (TPSA) is 35.2 Å². The molecule has 0 aliphatic carbocycles. The van der Waals surface area contributed by atoms with E-state index in [4.69, 9.17) is 10.5 Å². The SMILES string of the molecule is Cc1cccc(C2(CC(C)(C)N)COC2)c1. The van der Waals surface area contributed by atoms with Crippen molar-refractivity contribution in [3.8, 4) is 0 Å². The predicted octanol–water partition coefficient (Wildman–Crippen LogP) is 2.39. The average Bonchev–Trinajstić information content (AvgIpc) is 2.10. The molecule has 0 amide bonds. The van der Waals surface area contributed by atoms with Crippen LogP contribution in [-0.4, -0.2) is 18.8 Å². The molecule has 0 bridgehead atoms. The summed E-state index contributed by atoms with van der Waals surface area (Å²) in [7, 11) is 0. The van der Waals surface area contributed by atoms with Crippen LogP contribution < -0.4 is 5.73 Å². The van der Waals surface area contributed by atoms with Crippen molar-refractivity contribution >= 4 is 0 Å². The lowest BCUT2D eigenvalue weighted by Crippen LogP contribution is -2.53. The molecule has 2 N–H and O–H groups in total. The maximum atomic E-state index is 6.15. The van der Waals surface area contributed by atoms with Crippen LogP contribution in [0.4, 0.5) is 0 Å². The molecule has 1 aliphatic heterocycles. The van der Waals surface area contributed by atoms with E-state index in [0.29, 0.717) is 0 Å². The molecule has 0 spiro atoms. The Bertz CT molecular complexity index is 375. The van der Waals surface area contributed by atoms with Crippen LogP contribution in [0.25, 0.3) is 0 Å². The largest absolute Gasteiger partial charge is 0.379 e. The van der Waals surface area contributed by atoms with E-state index in [2.05, 4.69) is 45.0 Å². The van der Waals surface area contributed by atoms with E-state index in [9.17, 15) is 0 Å². The Labute approximate surface area is 97.8 Å². The second kappa shape index (κ2) is 3.86. The monoisotopic (exact) mass is 219 g/mol. The van der Waals surface area contributed by atoms with Gasteiger partial charge in [0, 0.05) is 11.0 Å². The van der Waals surface area contributed by atoms with Crippen molar-refractivity contribution < 1.29 is 4.74 Å². The molecule has 2 rings (SSSR count). The summed E-state index contributed by atoms with van der Waals surface area (Å²) >= 11 is 0. The molecule has 2 nitrogen and oxygen atoms in total. The summed E-state index contributed by atoms with van der Waals surface area (Å²) in [5.74, 6) is 0. The molecule has 0 unspecified atom stereocenters. The summed E-state index contributed by atoms with van der Waals surface area (Å²) in [5, 5.41) is 0. The highest BCUT2D eigenvalue weighted by atomic mass is 16.5. The van der Waals surface area contributed by atoms with Crippen molar-refractivity contribution in [3.05, 3.63) is 35.4 Å². The van der Waals surface area contributed by atoms with Gasteiger partial charge in [0.1, 0.15) is 0 Å². The van der Waals surface area contributed by atoms with Crippen LogP contribution in [0, 0.1) is 6.92 Å². The van der Waals surface area contributed by atoms with Crippen LogP contribution in [0.1, 0.15) is 31.4 Å². The predicted molar refractivity (Wildman–Crippen MR) is 66.6 cm³/mol. The second-order valence-corrected chi connectivity index (χ2v) is 5.81. The van der Waals surface area contributed by atoms with Crippen LogP contribution in [0.3, 0.4) is 0 Å². The Morgan fingerprint density at radius 3 is 2.50 bits per heavy atom. The Morgan fingerprint density at radius 2 is 2.06 bits per heavy atom. The summed E-state index contributed by atoms with van der Waals surface area (Å²) in [6.45, 7) is 7.91. The molecule has 1 saturated heterocycles. The van der Waals surface area contributed by atoms with Crippen molar-refractivity contribution in [1.29, 1.82) is 0 Å². The summed E-state index contributed by atoms with van der Waals surface area (Å²) in [6, 6.07) is 8.70. The number of aryl methyl sites for hydroxylation is 1. The zero-order valence-corrected chi connectivity index (χ0v) is 10.4. The molecule has 88 valence electrons. The maximum Gasteiger partial charge on any atom is 0.0586 e. The lowest BCUT2D eigenvalue weighted by molar-refractivity contribution is -0.0719. The third kappa shape index (κ3) is 2.28. The van der Waals surface area contributed by atoms with E-state index in [1.54, 1.807) is 0 Å². The first-order valence-corrected chi connectivity index (χ1v) is 5.85. The molecule has 1 fully saturated rings. The van der Waals surface area contributed by atoms with E-state index >= 15 is 0 Å². The van der Waals surface area contributed by atoms with Gasteiger partial charge in [-0.25, -0.2) is 0 Å². The molecule has 0 aromatic heterocycles. The first kappa shape index (κ1) is 11.6. The molecule has 1 aromatic rings. The average molecular weight is 219 g/mol. The number of rotatable bonds is 3. The van der Waals surface area contributed by atoms with Crippen LogP contribution in [-0.2, 0) is 10.2 Å². The van der Waals surface area contributed by atoms with Gasteiger partial charge in [0.05, 0.1) is 13.2 Å². The number of hydrogen-bond donors (Lipinski definition) is 1. The highest BCUT2D eigenvalue weighted by Crippen LogP contribution is 2.38. The molecule has 0 atom stereocenters. The Balaban J connectivity index is 2.28. The van der Waals surface area contributed by atoms with Gasteiger partial charge in [-0.2, -0.15) is 0 Å². The van der Waals surface area contributed by atoms with Gasteiger partial charge in [-0.15, -0.1) is 0 Å². The fourth-order valence-electron chi connectivity index (χ4n) is 2.57. The van der Waals surface area contributed by atoms with Crippen molar-refractivity contribution in [2.45, 2.75) is 38.1 Å². The normalized spacial score (nSPS) is 19.2. The van der Waals surface area contributed by atoms with Crippen molar-refractivity contribution in [3.63, 3.8) is 0 Å². The summed E-state index contributed by atoms with van der Waals surface area (Å²) < 4.78 is 5.42. The van der Waals surface area contributed by atoms with Gasteiger partial charge in [0.2, 0.25) is 0 Å². The Hall–Kier alpha value is -0.860. The highest BCUT2D eigenvalue weighted by molar-refractivity contribution is 5.32. The number of ether oxygens (including phenoxy) is 1. The molecular formula is C14H21NO. The van der Waals surface area contributed by atoms with Gasteiger partial charge in [-0.05, 0) is 32.8 Å². The van der Waals surface area contributed by atoms with E-state index in [1.807, 2.05) is 0 Å². The Morgan fingerprint density at radius 1 is 1.38 bits per heavy atom. The lowest BCUT2D eigenvalue weighted by Gasteiger charge is -2.45. The molecule has 0 radical (unpaired) electrons. The third-order valence-electron chi connectivity index (χ3n) is 3.18. The number of nitrogens with two attached hydrogens (primary N) is 1. The van der Waals surface area contributed by atoms with E-state index in [0.717, 1.165) is 19.6 Å². The van der Waals surface area contributed by atoms with E-state index in [1.165, 1.54) is 11.1 Å². The van der Waals surface area contributed by atoms with Gasteiger partial charge in [-0.1, -0.05) is 29.8 Å². The zero-order chi connectivity index (χ0) is 11.8. The van der Waals surface area contributed by atoms with Crippen LogP contribution >= 0.6 is 0 Å². The van der Waals surface area contributed by atoms with Crippen molar-refractivity contribution in [2.75, 3.05) is 13.2 Å². The van der Waals surface area contributed by atoms with Crippen molar-refractivity contribution in [2.24, 2.45) is 5.73 Å². The standard InChI is InChI=1S/C14H21NO/c1-11-5-4-6-12(7-11)14(9-16-10-14)8-13(2,3)15/h4-7H,8-10,15H2,1-3H3. The molecule has 1 heterocycles. The minimum atomic E-state index is -0.145. The maximum absolute atomic E-state index is 6.15. The van der Waals surface area contributed by atoms with E-state index < -0.39 is 0 Å². The molecule has 1 aromatic carbocycles. The first-order valence-electron chi connectivity index (χ1n) is 5.85. The molecule has 0 saturated carbocycles. The second-order valence-electron chi connectivity index (χ2n) is 5.81. The first-order chi connectivity index (χ1) is 7.41. The molecule has 2 heteroatoms. The fraction of sp³-hybridized carbons (Fsp3) is 0.571. The summed E-state index contributed by atoms with van der Waals surface area (Å²) in [6.07, 6.45) is 0.976. The zero-order valence-electron chi connectivity index (χ0n) is 10.4. The van der Waals surface area contributed by atoms with E-state index in [-0.39, 0.29) is 11.0 Å².